The van der Waals surface area contributed by atoms with Crippen molar-refractivity contribution >= 4 is 34.2 Å². The van der Waals surface area contributed by atoms with Gasteiger partial charge >= 0.3 is 0 Å². The van der Waals surface area contributed by atoms with Crippen LogP contribution in [0, 0.1) is 0 Å². The van der Waals surface area contributed by atoms with Gasteiger partial charge in [0.15, 0.2) is 0 Å². The first-order chi connectivity index (χ1) is 9.15. The van der Waals surface area contributed by atoms with Gasteiger partial charge in [0.25, 0.3) is 0 Å². The van der Waals surface area contributed by atoms with Crippen LogP contribution in [0.3, 0.4) is 0 Å². The van der Waals surface area contributed by atoms with Gasteiger partial charge in [0.2, 0.25) is 11.2 Å². The summed E-state index contributed by atoms with van der Waals surface area (Å²) in [7, 11) is 1.80. The minimum Gasteiger partial charge on any atom is -0.358 e. The van der Waals surface area contributed by atoms with Crippen LogP contribution in [-0.4, -0.2) is 40.4 Å². The lowest BCUT2D eigenvalue weighted by Gasteiger charge is -2.14. The molecule has 1 aromatic heterocycles. The lowest BCUT2D eigenvalue weighted by Crippen LogP contribution is -2.31. The second-order valence-electron chi connectivity index (χ2n) is 4.60. The van der Waals surface area contributed by atoms with Crippen LogP contribution < -0.4 is 5.32 Å². The van der Waals surface area contributed by atoms with Crippen molar-refractivity contribution in [3.8, 4) is 0 Å². The molecule has 98 valence electrons. The first kappa shape index (κ1) is 12.2. The van der Waals surface area contributed by atoms with Crippen LogP contribution in [0.15, 0.2) is 24.3 Å². The quantitative estimate of drug-likeness (QED) is 0.852. The monoisotopic (exact) mass is 276 g/mol. The summed E-state index contributed by atoms with van der Waals surface area (Å²) in [6.07, 6.45) is 0.769. The summed E-state index contributed by atoms with van der Waals surface area (Å²) in [6.45, 7) is 0.757. The Morgan fingerprint density at radius 1 is 1.37 bits per heavy atom. The zero-order valence-electron chi connectivity index (χ0n) is 10.4. The van der Waals surface area contributed by atoms with Gasteiger partial charge in [-0.05, 0) is 30.2 Å². The van der Waals surface area contributed by atoms with Gasteiger partial charge in [0.05, 0.1) is 5.52 Å². The first-order valence-corrected chi connectivity index (χ1v) is 6.47. The van der Waals surface area contributed by atoms with E-state index in [1.54, 1.807) is 11.9 Å². The standard InChI is InChI=1S/C13H13ClN4O/c1-18-7-6-10(12(18)19)15-11-8-4-2-3-5-9(8)16-13(14)17-11/h2-5,10H,6-7H2,1H3,(H,15,16,17). The molecule has 2 heterocycles. The Morgan fingerprint density at radius 3 is 2.89 bits per heavy atom. The third kappa shape index (κ3) is 2.21. The number of carbonyl (C=O) groups excluding carboxylic acids is 1. The highest BCUT2D eigenvalue weighted by Gasteiger charge is 2.29. The number of rotatable bonds is 2. The highest BCUT2D eigenvalue weighted by Crippen LogP contribution is 2.24. The lowest BCUT2D eigenvalue weighted by molar-refractivity contribution is -0.127. The Hall–Kier alpha value is -1.88. The molecule has 1 aliphatic rings. The van der Waals surface area contributed by atoms with Crippen molar-refractivity contribution in [1.29, 1.82) is 0 Å². The lowest BCUT2D eigenvalue weighted by atomic mass is 10.2. The molecule has 1 aliphatic heterocycles. The summed E-state index contributed by atoms with van der Waals surface area (Å²) >= 11 is 5.92. The molecule has 0 aliphatic carbocycles. The van der Waals surface area contributed by atoms with Gasteiger partial charge in [-0.2, -0.15) is 0 Å². The van der Waals surface area contributed by atoms with Crippen molar-refractivity contribution in [1.82, 2.24) is 14.9 Å². The van der Waals surface area contributed by atoms with Crippen LogP contribution in [0.5, 0.6) is 0 Å². The van der Waals surface area contributed by atoms with Crippen LogP contribution in [0.4, 0.5) is 5.82 Å². The smallest absolute Gasteiger partial charge is 0.244 e. The molecule has 1 aromatic carbocycles. The number of likely N-dealkylation sites (tertiary alicyclic amines) is 1. The van der Waals surface area contributed by atoms with Crippen molar-refractivity contribution in [2.24, 2.45) is 0 Å². The van der Waals surface area contributed by atoms with Gasteiger partial charge in [0, 0.05) is 19.0 Å². The molecule has 3 rings (SSSR count). The van der Waals surface area contributed by atoms with E-state index < -0.39 is 0 Å². The fourth-order valence-corrected chi connectivity index (χ4v) is 2.46. The number of likely N-dealkylation sites (N-methyl/N-ethyl adjacent to an activating group) is 1. The molecule has 1 amide bonds. The molecule has 2 aromatic rings. The van der Waals surface area contributed by atoms with Gasteiger partial charge in [0.1, 0.15) is 11.9 Å². The van der Waals surface area contributed by atoms with E-state index in [1.165, 1.54) is 0 Å². The molecule has 1 atom stereocenters. The largest absolute Gasteiger partial charge is 0.358 e. The molecule has 1 N–H and O–H groups in total. The molecule has 1 saturated heterocycles. The third-order valence-electron chi connectivity index (χ3n) is 3.31. The van der Waals surface area contributed by atoms with Gasteiger partial charge in [-0.25, -0.2) is 9.97 Å². The van der Waals surface area contributed by atoms with Crippen molar-refractivity contribution in [2.75, 3.05) is 18.9 Å². The molecule has 6 heteroatoms. The number of amides is 1. The van der Waals surface area contributed by atoms with E-state index in [4.69, 9.17) is 11.6 Å². The Morgan fingerprint density at radius 2 is 2.16 bits per heavy atom. The third-order valence-corrected chi connectivity index (χ3v) is 3.48. The molecule has 0 bridgehead atoms. The minimum absolute atomic E-state index is 0.0822. The second kappa shape index (κ2) is 4.66. The molecule has 0 saturated carbocycles. The minimum atomic E-state index is -0.237. The first-order valence-electron chi connectivity index (χ1n) is 6.09. The normalized spacial score (nSPS) is 19.2. The predicted molar refractivity (Wildman–Crippen MR) is 74.2 cm³/mol. The average Bonchev–Trinajstić information content (AvgIpc) is 2.70. The van der Waals surface area contributed by atoms with E-state index in [0.29, 0.717) is 5.82 Å². The number of benzene rings is 1. The number of aromatic nitrogens is 2. The maximum Gasteiger partial charge on any atom is 0.244 e. The highest BCUT2D eigenvalue weighted by molar-refractivity contribution is 6.28. The fraction of sp³-hybridized carbons (Fsp3) is 0.308. The zero-order valence-corrected chi connectivity index (χ0v) is 11.2. The fourth-order valence-electron chi connectivity index (χ4n) is 2.28. The Labute approximate surface area is 115 Å². The van der Waals surface area contributed by atoms with Crippen LogP contribution in [0.2, 0.25) is 5.28 Å². The summed E-state index contributed by atoms with van der Waals surface area (Å²) in [5, 5.41) is 4.23. The number of carbonyl (C=O) groups is 1. The molecule has 1 fully saturated rings. The number of nitrogens with zero attached hydrogens (tertiary/aromatic N) is 3. The Kier molecular flexibility index (Phi) is 2.98. The van der Waals surface area contributed by atoms with E-state index in [0.717, 1.165) is 23.9 Å². The molecular weight excluding hydrogens is 264 g/mol. The van der Waals surface area contributed by atoms with Gasteiger partial charge in [-0.15, -0.1) is 0 Å². The number of halogens is 1. The summed E-state index contributed by atoms with van der Waals surface area (Å²) in [5.41, 5.74) is 0.767. The van der Waals surface area contributed by atoms with E-state index in [2.05, 4.69) is 15.3 Å². The van der Waals surface area contributed by atoms with Gasteiger partial charge in [-0.3, -0.25) is 4.79 Å². The van der Waals surface area contributed by atoms with Gasteiger partial charge in [-0.1, -0.05) is 12.1 Å². The van der Waals surface area contributed by atoms with Crippen molar-refractivity contribution in [2.45, 2.75) is 12.5 Å². The topological polar surface area (TPSA) is 58.1 Å². The number of fused-ring (bicyclic) bond motifs is 1. The zero-order chi connectivity index (χ0) is 13.4. The van der Waals surface area contributed by atoms with Crippen LogP contribution in [-0.2, 0) is 4.79 Å². The molecular formula is C13H13ClN4O. The molecule has 1 unspecified atom stereocenters. The summed E-state index contributed by atoms with van der Waals surface area (Å²) in [4.78, 5) is 22.0. The maximum atomic E-state index is 11.9. The van der Waals surface area contributed by atoms with E-state index in [1.807, 2.05) is 24.3 Å². The van der Waals surface area contributed by atoms with Crippen molar-refractivity contribution < 1.29 is 4.79 Å². The molecule has 0 radical (unpaired) electrons. The Balaban J connectivity index is 1.99. The SMILES string of the molecule is CN1CCC(Nc2nc(Cl)nc3ccccc23)C1=O. The number of hydrogen-bond acceptors (Lipinski definition) is 4. The van der Waals surface area contributed by atoms with E-state index in [9.17, 15) is 4.79 Å². The summed E-state index contributed by atoms with van der Waals surface area (Å²) in [5.74, 6) is 0.697. The van der Waals surface area contributed by atoms with E-state index >= 15 is 0 Å². The van der Waals surface area contributed by atoms with Crippen molar-refractivity contribution in [3.63, 3.8) is 0 Å². The number of para-hydroxylation sites is 1. The van der Waals surface area contributed by atoms with Gasteiger partial charge < -0.3 is 10.2 Å². The molecule has 19 heavy (non-hydrogen) atoms. The highest BCUT2D eigenvalue weighted by atomic mass is 35.5. The summed E-state index contributed by atoms with van der Waals surface area (Å²) < 4.78 is 0. The summed E-state index contributed by atoms with van der Waals surface area (Å²) in [6, 6.07) is 7.35. The molecule has 0 spiro atoms. The number of anilines is 1. The molecule has 5 nitrogen and oxygen atoms in total. The van der Waals surface area contributed by atoms with Crippen LogP contribution in [0.25, 0.3) is 10.9 Å². The number of hydrogen-bond donors (Lipinski definition) is 1. The average molecular weight is 277 g/mol. The van der Waals surface area contributed by atoms with Crippen LogP contribution in [0.1, 0.15) is 6.42 Å². The maximum absolute atomic E-state index is 11.9. The Bertz CT molecular complexity index is 646. The van der Waals surface area contributed by atoms with Crippen LogP contribution >= 0.6 is 11.6 Å². The second-order valence-corrected chi connectivity index (χ2v) is 4.94. The predicted octanol–water partition coefficient (Wildman–Crippen LogP) is 1.93. The van der Waals surface area contributed by atoms with E-state index in [-0.39, 0.29) is 17.2 Å². The number of nitrogens with one attached hydrogen (secondary N) is 1. The van der Waals surface area contributed by atoms with Crippen molar-refractivity contribution in [3.05, 3.63) is 29.5 Å².